The Morgan fingerprint density at radius 3 is 2.26 bits per heavy atom. The van der Waals surface area contributed by atoms with Crippen LogP contribution in [-0.4, -0.2) is 59.6 Å². The van der Waals surface area contributed by atoms with E-state index in [0.717, 1.165) is 6.07 Å². The minimum absolute atomic E-state index is 0.118. The normalized spacial score (nSPS) is 17.9. The summed E-state index contributed by atoms with van der Waals surface area (Å²) in [4.78, 5) is 35.7. The summed E-state index contributed by atoms with van der Waals surface area (Å²) in [5.41, 5.74) is -0.760. The van der Waals surface area contributed by atoms with Crippen molar-refractivity contribution in [3.8, 4) is 11.1 Å². The maximum atomic E-state index is 14.2. The van der Waals surface area contributed by atoms with Crippen molar-refractivity contribution >= 4 is 23.5 Å². The molecule has 2 aromatic rings. The molecule has 0 aromatic heterocycles. The standard InChI is InChI=1S/C19H15F4N3O2.C2HF3O2/c20-14-3-2-11(19(21,22)23)8-12(14)10-1-4-15-13(7-10)18(28)26-6-5-24-9-16(26)17(27)25-15;3-2(4,5)1(6)7/h1-4,7-8,16,24H,5-6,9H2,(H,25,27);(H,6,7)/t16-;/m1./s1. The highest BCUT2D eigenvalue weighted by molar-refractivity contribution is 6.10. The number of aliphatic carboxylic acids is 1. The lowest BCUT2D eigenvalue weighted by atomic mass is 9.98. The average Bonchev–Trinajstić information content (AvgIpc) is 2.88. The SMILES string of the molecule is O=C(O)C(F)(F)F.O=C1Nc2ccc(-c3cc(C(F)(F)F)ccc3F)cc2C(=O)N2CCNC[C@H]12. The molecule has 2 heterocycles. The molecule has 0 aliphatic carbocycles. The fraction of sp³-hybridized carbons (Fsp3) is 0.286. The minimum Gasteiger partial charge on any atom is -0.475 e. The molecule has 3 N–H and O–H groups in total. The number of carbonyl (C=O) groups is 3. The van der Waals surface area contributed by atoms with Crippen molar-refractivity contribution in [3.05, 3.63) is 53.3 Å². The number of anilines is 1. The lowest BCUT2D eigenvalue weighted by Crippen LogP contribution is -2.57. The first-order valence-electron chi connectivity index (χ1n) is 9.84. The van der Waals surface area contributed by atoms with Crippen LogP contribution in [0, 0.1) is 5.82 Å². The first-order chi connectivity index (χ1) is 16.2. The summed E-state index contributed by atoms with van der Waals surface area (Å²) in [6.07, 6.45) is -9.70. The summed E-state index contributed by atoms with van der Waals surface area (Å²) >= 11 is 0. The third kappa shape index (κ3) is 5.70. The van der Waals surface area contributed by atoms with Crippen LogP contribution in [0.15, 0.2) is 36.4 Å². The number of hydrogen-bond donors (Lipinski definition) is 3. The van der Waals surface area contributed by atoms with Crippen LogP contribution in [-0.2, 0) is 15.8 Å². The lowest BCUT2D eigenvalue weighted by Gasteiger charge is -2.33. The second-order valence-electron chi connectivity index (χ2n) is 7.46. The van der Waals surface area contributed by atoms with E-state index < -0.39 is 41.7 Å². The van der Waals surface area contributed by atoms with Gasteiger partial charge in [0.15, 0.2) is 0 Å². The van der Waals surface area contributed by atoms with Gasteiger partial charge in [0.25, 0.3) is 5.91 Å². The van der Waals surface area contributed by atoms with Crippen molar-refractivity contribution in [1.82, 2.24) is 10.2 Å². The van der Waals surface area contributed by atoms with Gasteiger partial charge < -0.3 is 20.6 Å². The number of fused-ring (bicyclic) bond motifs is 2. The molecule has 188 valence electrons. The van der Waals surface area contributed by atoms with Crippen LogP contribution in [0.1, 0.15) is 15.9 Å². The van der Waals surface area contributed by atoms with Crippen molar-refractivity contribution in [3.63, 3.8) is 0 Å². The monoisotopic (exact) mass is 507 g/mol. The molecule has 2 amide bonds. The van der Waals surface area contributed by atoms with Gasteiger partial charge in [-0.25, -0.2) is 9.18 Å². The number of alkyl halides is 6. The molecule has 2 aliphatic rings. The van der Waals surface area contributed by atoms with Gasteiger partial charge in [0, 0.05) is 25.2 Å². The molecule has 0 saturated carbocycles. The Labute approximate surface area is 192 Å². The molecular weight excluding hydrogens is 491 g/mol. The molecule has 1 atom stereocenters. The van der Waals surface area contributed by atoms with Gasteiger partial charge in [-0.05, 0) is 35.9 Å². The number of nitrogens with one attached hydrogen (secondary N) is 2. The van der Waals surface area contributed by atoms with Crippen LogP contribution in [0.4, 0.5) is 36.4 Å². The topological polar surface area (TPSA) is 98.7 Å². The molecule has 4 rings (SSSR count). The van der Waals surface area contributed by atoms with Gasteiger partial charge in [-0.2, -0.15) is 26.3 Å². The van der Waals surface area contributed by atoms with Gasteiger partial charge in [-0.3, -0.25) is 9.59 Å². The number of benzene rings is 2. The molecule has 7 nitrogen and oxygen atoms in total. The van der Waals surface area contributed by atoms with Gasteiger partial charge >= 0.3 is 18.3 Å². The second kappa shape index (κ2) is 9.52. The van der Waals surface area contributed by atoms with Crippen molar-refractivity contribution in [2.45, 2.75) is 18.4 Å². The van der Waals surface area contributed by atoms with Crippen molar-refractivity contribution < 1.29 is 50.2 Å². The average molecular weight is 507 g/mol. The molecule has 0 radical (unpaired) electrons. The van der Waals surface area contributed by atoms with Crippen LogP contribution in [0.3, 0.4) is 0 Å². The number of carboxylic acid groups (broad SMARTS) is 1. The number of nitrogens with zero attached hydrogens (tertiary/aromatic N) is 1. The van der Waals surface area contributed by atoms with Crippen molar-refractivity contribution in [2.75, 3.05) is 25.0 Å². The summed E-state index contributed by atoms with van der Waals surface area (Å²) in [7, 11) is 0. The third-order valence-corrected chi connectivity index (χ3v) is 5.16. The molecule has 1 saturated heterocycles. The predicted molar refractivity (Wildman–Crippen MR) is 107 cm³/mol. The highest BCUT2D eigenvalue weighted by atomic mass is 19.4. The number of rotatable bonds is 1. The zero-order chi connectivity index (χ0) is 26.1. The summed E-state index contributed by atoms with van der Waals surface area (Å²) in [5, 5.41) is 12.8. The van der Waals surface area contributed by atoms with E-state index in [4.69, 9.17) is 9.90 Å². The Morgan fingerprint density at radius 2 is 1.66 bits per heavy atom. The summed E-state index contributed by atoms with van der Waals surface area (Å²) in [6, 6.07) is 5.56. The Hall–Kier alpha value is -3.68. The highest BCUT2D eigenvalue weighted by Gasteiger charge is 2.38. The zero-order valence-electron chi connectivity index (χ0n) is 17.4. The lowest BCUT2D eigenvalue weighted by molar-refractivity contribution is -0.192. The second-order valence-corrected chi connectivity index (χ2v) is 7.46. The van der Waals surface area contributed by atoms with E-state index in [1.54, 1.807) is 0 Å². The predicted octanol–water partition coefficient (Wildman–Crippen LogP) is 3.51. The van der Waals surface area contributed by atoms with Crippen LogP contribution in [0.5, 0.6) is 0 Å². The molecular formula is C21H16F7N3O4. The Kier molecular flexibility index (Phi) is 7.06. The van der Waals surface area contributed by atoms with E-state index in [0.29, 0.717) is 31.8 Å². The maximum Gasteiger partial charge on any atom is 0.490 e. The summed E-state index contributed by atoms with van der Waals surface area (Å²) < 4.78 is 85.0. The van der Waals surface area contributed by atoms with E-state index in [-0.39, 0.29) is 28.3 Å². The van der Waals surface area contributed by atoms with E-state index in [2.05, 4.69) is 10.6 Å². The largest absolute Gasteiger partial charge is 0.490 e. The highest BCUT2D eigenvalue weighted by Crippen LogP contribution is 2.35. The number of halogens is 7. The van der Waals surface area contributed by atoms with Gasteiger partial charge in [-0.15, -0.1) is 0 Å². The van der Waals surface area contributed by atoms with Crippen molar-refractivity contribution in [2.24, 2.45) is 0 Å². The summed E-state index contributed by atoms with van der Waals surface area (Å²) in [6.45, 7) is 1.14. The van der Waals surface area contributed by atoms with E-state index in [1.165, 1.54) is 23.1 Å². The van der Waals surface area contributed by atoms with E-state index >= 15 is 0 Å². The molecule has 2 aromatic carbocycles. The maximum absolute atomic E-state index is 14.2. The van der Waals surface area contributed by atoms with E-state index in [1.807, 2.05) is 0 Å². The number of amides is 2. The number of hydrogen-bond acceptors (Lipinski definition) is 4. The Balaban J connectivity index is 0.000000429. The Morgan fingerprint density at radius 1 is 1.00 bits per heavy atom. The molecule has 14 heteroatoms. The molecule has 35 heavy (non-hydrogen) atoms. The van der Waals surface area contributed by atoms with Crippen LogP contribution in [0.2, 0.25) is 0 Å². The number of carbonyl (C=O) groups excluding carboxylic acids is 2. The van der Waals surface area contributed by atoms with Gasteiger partial charge in [0.05, 0.1) is 16.8 Å². The molecule has 0 bridgehead atoms. The molecule has 2 aliphatic heterocycles. The van der Waals surface area contributed by atoms with Gasteiger partial charge in [-0.1, -0.05) is 6.07 Å². The van der Waals surface area contributed by atoms with E-state index in [9.17, 15) is 40.3 Å². The van der Waals surface area contributed by atoms with Crippen LogP contribution < -0.4 is 10.6 Å². The fourth-order valence-corrected chi connectivity index (χ4v) is 3.47. The molecule has 1 fully saturated rings. The number of piperazine rings is 1. The Bertz CT molecular complexity index is 1160. The fourth-order valence-electron chi connectivity index (χ4n) is 3.47. The van der Waals surface area contributed by atoms with Crippen LogP contribution in [0.25, 0.3) is 11.1 Å². The quantitative estimate of drug-likeness (QED) is 0.514. The molecule has 0 unspecified atom stereocenters. The van der Waals surface area contributed by atoms with Gasteiger partial charge in [0.1, 0.15) is 11.9 Å². The third-order valence-electron chi connectivity index (χ3n) is 5.16. The van der Waals surface area contributed by atoms with Crippen molar-refractivity contribution in [1.29, 1.82) is 0 Å². The first kappa shape index (κ1) is 25.9. The first-order valence-corrected chi connectivity index (χ1v) is 9.84. The smallest absolute Gasteiger partial charge is 0.475 e. The zero-order valence-corrected chi connectivity index (χ0v) is 17.4. The van der Waals surface area contributed by atoms with Crippen LogP contribution >= 0.6 is 0 Å². The van der Waals surface area contributed by atoms with Gasteiger partial charge in [0.2, 0.25) is 5.91 Å². The summed E-state index contributed by atoms with van der Waals surface area (Å²) in [5.74, 6) is -4.36. The number of carboxylic acids is 1. The minimum atomic E-state index is -5.08. The molecule has 0 spiro atoms.